The van der Waals surface area contributed by atoms with Gasteiger partial charge in [-0.05, 0) is 12.5 Å². The third-order valence-electron chi connectivity index (χ3n) is 2.37. The predicted octanol–water partition coefficient (Wildman–Crippen LogP) is 3.72. The van der Waals surface area contributed by atoms with Crippen molar-refractivity contribution in [1.29, 1.82) is 0 Å². The maximum Gasteiger partial charge on any atom is 0.303 e. The molecule has 1 aromatic carbocycles. The lowest BCUT2D eigenvalue weighted by Gasteiger charge is -2.25. The summed E-state index contributed by atoms with van der Waals surface area (Å²) in [5, 5.41) is 0. The van der Waals surface area contributed by atoms with Crippen LogP contribution in [0.2, 0.25) is 0 Å². The van der Waals surface area contributed by atoms with Gasteiger partial charge in [-0.1, -0.05) is 75.5 Å². The maximum absolute atomic E-state index is 11.1. The zero-order valence-electron chi connectivity index (χ0n) is 10.3. The van der Waals surface area contributed by atoms with Crippen LogP contribution in [0.25, 0.3) is 0 Å². The Hall–Kier alpha value is 0.110. The van der Waals surface area contributed by atoms with Crippen molar-refractivity contribution in [2.24, 2.45) is 0 Å². The fraction of sp³-hybridized carbons (Fsp3) is 0.462. The highest BCUT2D eigenvalue weighted by Gasteiger charge is 2.26. The average Bonchev–Trinajstić information content (AvgIpc) is 2.34. The molecule has 0 spiro atoms. The number of esters is 1. The van der Waals surface area contributed by atoms with Gasteiger partial charge in [0.05, 0.1) is 12.7 Å². The normalized spacial score (nSPS) is 14.3. The van der Waals surface area contributed by atoms with E-state index >= 15 is 0 Å². The van der Waals surface area contributed by atoms with E-state index in [0.29, 0.717) is 6.61 Å². The van der Waals surface area contributed by atoms with Gasteiger partial charge in [0, 0.05) is 6.92 Å². The number of rotatable bonds is 6. The van der Waals surface area contributed by atoms with E-state index in [4.69, 9.17) is 9.47 Å². The molecule has 0 aliphatic rings. The van der Waals surface area contributed by atoms with Gasteiger partial charge in [-0.3, -0.25) is 4.79 Å². The molecule has 0 aromatic heterocycles. The molecule has 0 heterocycles. The first kappa shape index (κ1) is 16.2. The highest BCUT2D eigenvalue weighted by molar-refractivity contribution is 14.2. The van der Waals surface area contributed by atoms with Gasteiger partial charge >= 0.3 is 5.97 Å². The summed E-state index contributed by atoms with van der Waals surface area (Å²) in [4.78, 5) is 11.1. The van der Waals surface area contributed by atoms with Gasteiger partial charge in [0.25, 0.3) is 0 Å². The molecule has 100 valence electrons. The summed E-state index contributed by atoms with van der Waals surface area (Å²) in [5.74, 6) is -0.270. The van der Waals surface area contributed by atoms with Crippen molar-refractivity contribution < 1.29 is 14.3 Å². The summed E-state index contributed by atoms with van der Waals surface area (Å²) in [6, 6.07) is 9.96. The first-order valence-corrected chi connectivity index (χ1v) is 8.10. The molecule has 5 heteroatoms. The zero-order chi connectivity index (χ0) is 13.5. The summed E-state index contributed by atoms with van der Waals surface area (Å²) in [5.41, 5.74) is 1.12. The lowest BCUT2D eigenvalue weighted by Crippen LogP contribution is -2.35. The number of ether oxygens (including phenoxy) is 2. The number of carbonyl (C=O) groups excluding carboxylic acids is 1. The van der Waals surface area contributed by atoms with Crippen molar-refractivity contribution in [2.75, 3.05) is 0 Å². The van der Waals surface area contributed by atoms with Gasteiger partial charge in [0.2, 0.25) is 0 Å². The fourth-order valence-corrected chi connectivity index (χ4v) is 2.90. The number of halogens is 2. The highest BCUT2D eigenvalue weighted by Crippen LogP contribution is 2.23. The number of alkyl halides is 2. The van der Waals surface area contributed by atoms with E-state index in [9.17, 15) is 4.79 Å². The van der Waals surface area contributed by atoms with Gasteiger partial charge in [-0.2, -0.15) is 0 Å². The molecule has 0 radical (unpaired) electrons. The number of carbonyl (C=O) groups is 1. The van der Waals surface area contributed by atoms with Crippen LogP contribution in [0.5, 0.6) is 0 Å². The molecule has 0 N–H and O–H groups in total. The molecule has 0 aliphatic carbocycles. The van der Waals surface area contributed by atoms with Crippen LogP contribution < -0.4 is 0 Å². The Morgan fingerprint density at radius 1 is 1.28 bits per heavy atom. The van der Waals surface area contributed by atoms with Crippen LogP contribution >= 0.6 is 45.2 Å². The van der Waals surface area contributed by atoms with Crippen molar-refractivity contribution in [2.45, 2.75) is 34.6 Å². The van der Waals surface area contributed by atoms with Crippen LogP contribution in [0, 0.1) is 0 Å². The molecule has 1 aromatic rings. The summed E-state index contributed by atoms with van der Waals surface area (Å²) in [6.45, 7) is 3.88. The predicted molar refractivity (Wildman–Crippen MR) is 88.1 cm³/mol. The molecule has 0 amide bonds. The summed E-state index contributed by atoms with van der Waals surface area (Å²) >= 11 is 4.47. The van der Waals surface area contributed by atoms with Gasteiger partial charge in [-0.15, -0.1) is 0 Å². The Morgan fingerprint density at radius 3 is 2.39 bits per heavy atom. The van der Waals surface area contributed by atoms with Crippen molar-refractivity contribution in [3.05, 3.63) is 35.9 Å². The van der Waals surface area contributed by atoms with Crippen molar-refractivity contribution in [3.63, 3.8) is 0 Å². The zero-order valence-corrected chi connectivity index (χ0v) is 14.6. The van der Waals surface area contributed by atoms with Crippen molar-refractivity contribution >= 4 is 51.2 Å². The molecule has 0 saturated carbocycles. The Kier molecular flexibility index (Phi) is 7.47. The molecule has 1 unspecified atom stereocenters. The molecule has 1 rings (SSSR count). The van der Waals surface area contributed by atoms with Crippen LogP contribution in [0.15, 0.2) is 30.3 Å². The van der Waals surface area contributed by atoms with E-state index in [2.05, 4.69) is 45.2 Å². The molecule has 2 atom stereocenters. The Bertz CT molecular complexity index is 368. The largest absolute Gasteiger partial charge is 0.458 e. The van der Waals surface area contributed by atoms with E-state index in [1.807, 2.05) is 37.3 Å². The average molecular weight is 474 g/mol. The van der Waals surface area contributed by atoms with E-state index in [-0.39, 0.29) is 20.1 Å². The van der Waals surface area contributed by atoms with E-state index in [0.717, 1.165) is 5.56 Å². The first-order chi connectivity index (χ1) is 8.50. The quantitative estimate of drug-likeness (QED) is 0.359. The summed E-state index contributed by atoms with van der Waals surface area (Å²) in [7, 11) is 0. The summed E-state index contributed by atoms with van der Waals surface area (Å²) in [6.07, 6.45) is -0.361. The topological polar surface area (TPSA) is 35.5 Å². The first-order valence-electron chi connectivity index (χ1n) is 5.61. The van der Waals surface area contributed by atoms with E-state index in [1.165, 1.54) is 6.92 Å². The third kappa shape index (κ3) is 5.83. The number of hydrogen-bond acceptors (Lipinski definition) is 3. The highest BCUT2D eigenvalue weighted by atomic mass is 127. The second kappa shape index (κ2) is 8.31. The minimum Gasteiger partial charge on any atom is -0.458 e. The fourth-order valence-electron chi connectivity index (χ4n) is 1.44. The molecule has 0 saturated heterocycles. The Morgan fingerprint density at radius 2 is 1.89 bits per heavy atom. The SMILES string of the molecule is CC(=O)OC(C(I)I)[C@H](C)OCc1ccccc1. The van der Waals surface area contributed by atoms with Crippen LogP contribution in [-0.2, 0) is 20.9 Å². The lowest BCUT2D eigenvalue weighted by atomic mass is 10.2. The van der Waals surface area contributed by atoms with Crippen LogP contribution in [0.1, 0.15) is 19.4 Å². The van der Waals surface area contributed by atoms with Crippen molar-refractivity contribution in [3.8, 4) is 0 Å². The number of benzene rings is 1. The summed E-state index contributed by atoms with van der Waals surface area (Å²) < 4.78 is 11.2. The monoisotopic (exact) mass is 474 g/mol. The minimum atomic E-state index is -0.270. The van der Waals surface area contributed by atoms with Gasteiger partial charge in [-0.25, -0.2) is 0 Å². The molecule has 0 aliphatic heterocycles. The molecular formula is C13H16I2O3. The van der Waals surface area contributed by atoms with Crippen LogP contribution in [0.4, 0.5) is 0 Å². The molecule has 0 fully saturated rings. The van der Waals surface area contributed by atoms with Crippen LogP contribution in [0.3, 0.4) is 0 Å². The second-order valence-electron chi connectivity index (χ2n) is 3.91. The molecule has 3 nitrogen and oxygen atoms in total. The van der Waals surface area contributed by atoms with Gasteiger partial charge < -0.3 is 9.47 Å². The third-order valence-corrected chi connectivity index (χ3v) is 3.79. The Labute approximate surface area is 135 Å². The maximum atomic E-state index is 11.1. The standard InChI is InChI=1S/C13H16I2O3/c1-9(12(13(14)15)18-10(2)16)17-8-11-6-4-3-5-7-11/h3-7,9,12-13H,8H2,1-2H3/t9-,12?/m0/s1. The van der Waals surface area contributed by atoms with Gasteiger partial charge in [0.1, 0.15) is 8.04 Å². The van der Waals surface area contributed by atoms with Crippen molar-refractivity contribution in [1.82, 2.24) is 0 Å². The lowest BCUT2D eigenvalue weighted by molar-refractivity contribution is -0.152. The molecule has 0 bridgehead atoms. The second-order valence-corrected chi connectivity index (χ2v) is 8.98. The smallest absolute Gasteiger partial charge is 0.303 e. The minimum absolute atomic E-state index is 0.132. The molecule has 18 heavy (non-hydrogen) atoms. The molecular weight excluding hydrogens is 458 g/mol. The Balaban J connectivity index is 2.51. The van der Waals surface area contributed by atoms with Crippen LogP contribution in [-0.4, -0.2) is 20.1 Å². The van der Waals surface area contributed by atoms with E-state index in [1.54, 1.807) is 0 Å². The van der Waals surface area contributed by atoms with Gasteiger partial charge in [0.15, 0.2) is 0 Å². The number of hydrogen-bond donors (Lipinski definition) is 0. The van der Waals surface area contributed by atoms with E-state index < -0.39 is 0 Å².